The molecular weight excluding hydrogens is 333 g/mol. The summed E-state index contributed by atoms with van der Waals surface area (Å²) in [5.41, 5.74) is 2.21. The van der Waals surface area contributed by atoms with Crippen molar-refractivity contribution in [2.75, 3.05) is 0 Å². The number of carbonyl (C=O) groups is 1. The van der Waals surface area contributed by atoms with Crippen LogP contribution >= 0.6 is 0 Å². The van der Waals surface area contributed by atoms with Gasteiger partial charge in [-0.25, -0.2) is 4.98 Å². The fraction of sp³-hybridized carbons (Fsp3) is 0.222. The lowest BCUT2D eigenvalue weighted by Crippen LogP contribution is -2.20. The van der Waals surface area contributed by atoms with Crippen LogP contribution in [0, 0.1) is 6.92 Å². The summed E-state index contributed by atoms with van der Waals surface area (Å²) >= 11 is 0. The van der Waals surface area contributed by atoms with Gasteiger partial charge < -0.3 is 9.30 Å². The Morgan fingerprint density at radius 3 is 2.64 bits per heavy atom. The van der Waals surface area contributed by atoms with Gasteiger partial charge in [-0.3, -0.25) is 4.79 Å². The number of imidazole rings is 1. The number of esters is 1. The average Bonchev–Trinajstić information content (AvgIpc) is 2.92. The molecule has 7 heteroatoms. The molecule has 0 amide bonds. The number of para-hydroxylation sites is 2. The van der Waals surface area contributed by atoms with Crippen LogP contribution in [0.4, 0.5) is 13.2 Å². The largest absolute Gasteiger partial charge is 0.459 e. The third-order valence-corrected chi connectivity index (χ3v) is 3.68. The minimum absolute atomic E-state index is 0.00843. The predicted octanol–water partition coefficient (Wildman–Crippen LogP) is 4.11. The van der Waals surface area contributed by atoms with Crippen molar-refractivity contribution in [3.05, 3.63) is 65.5 Å². The third-order valence-electron chi connectivity index (χ3n) is 3.68. The third kappa shape index (κ3) is 3.81. The molecule has 0 fully saturated rings. The standard InChI is InChI=1S/C18H15F3N2O2/c1-12-5-4-6-13(9-12)11-25-16(24)10-23-15-8-3-2-7-14(15)22-17(23)18(19,20)21/h2-9H,10-11H2,1H3. The second kappa shape index (κ2) is 6.58. The van der Waals surface area contributed by atoms with Crippen LogP contribution in [-0.4, -0.2) is 15.5 Å². The van der Waals surface area contributed by atoms with E-state index in [0.29, 0.717) is 0 Å². The van der Waals surface area contributed by atoms with Gasteiger partial charge in [-0.15, -0.1) is 0 Å². The minimum Gasteiger partial charge on any atom is -0.459 e. The first kappa shape index (κ1) is 17.0. The number of hydrogen-bond acceptors (Lipinski definition) is 3. The fourth-order valence-corrected chi connectivity index (χ4v) is 2.59. The minimum atomic E-state index is -4.66. The summed E-state index contributed by atoms with van der Waals surface area (Å²) in [7, 11) is 0. The number of aryl methyl sites for hydroxylation is 1. The summed E-state index contributed by atoms with van der Waals surface area (Å²) in [6, 6.07) is 13.5. The van der Waals surface area contributed by atoms with E-state index in [0.717, 1.165) is 15.7 Å². The molecule has 0 aliphatic heterocycles. The van der Waals surface area contributed by atoms with Crippen LogP contribution in [0.5, 0.6) is 0 Å². The van der Waals surface area contributed by atoms with E-state index in [1.54, 1.807) is 18.2 Å². The molecule has 3 rings (SSSR count). The Hall–Kier alpha value is -2.83. The number of hydrogen-bond donors (Lipinski definition) is 0. The molecule has 0 unspecified atom stereocenters. The molecule has 0 atom stereocenters. The van der Waals surface area contributed by atoms with Gasteiger partial charge in [0.25, 0.3) is 0 Å². The molecular formula is C18H15F3N2O2. The van der Waals surface area contributed by atoms with Gasteiger partial charge in [0.05, 0.1) is 11.0 Å². The highest BCUT2D eigenvalue weighted by atomic mass is 19.4. The molecule has 0 saturated carbocycles. The number of rotatable bonds is 4. The van der Waals surface area contributed by atoms with E-state index in [9.17, 15) is 18.0 Å². The zero-order chi connectivity index (χ0) is 18.0. The Kier molecular flexibility index (Phi) is 4.48. The molecule has 2 aromatic carbocycles. The van der Waals surface area contributed by atoms with Gasteiger partial charge in [0.2, 0.25) is 5.82 Å². The normalized spacial score (nSPS) is 11.7. The molecule has 1 aromatic heterocycles. The van der Waals surface area contributed by atoms with E-state index >= 15 is 0 Å². The number of fused-ring (bicyclic) bond motifs is 1. The van der Waals surface area contributed by atoms with Crippen LogP contribution in [0.1, 0.15) is 17.0 Å². The maximum atomic E-state index is 13.2. The van der Waals surface area contributed by atoms with Crippen LogP contribution in [0.2, 0.25) is 0 Å². The zero-order valence-electron chi connectivity index (χ0n) is 13.4. The van der Waals surface area contributed by atoms with Crippen LogP contribution in [0.15, 0.2) is 48.5 Å². The average molecular weight is 348 g/mol. The molecule has 4 nitrogen and oxygen atoms in total. The molecule has 0 aliphatic rings. The van der Waals surface area contributed by atoms with Crippen molar-refractivity contribution < 1.29 is 22.7 Å². The Morgan fingerprint density at radius 1 is 1.16 bits per heavy atom. The molecule has 0 N–H and O–H groups in total. The lowest BCUT2D eigenvalue weighted by Gasteiger charge is -2.11. The number of nitrogens with zero attached hydrogens (tertiary/aromatic N) is 2. The summed E-state index contributed by atoms with van der Waals surface area (Å²) in [6.45, 7) is 1.36. The number of carbonyl (C=O) groups excluding carboxylic acids is 1. The molecule has 1 heterocycles. The maximum absolute atomic E-state index is 13.2. The summed E-state index contributed by atoms with van der Waals surface area (Å²) in [5, 5.41) is 0. The highest BCUT2D eigenvalue weighted by Crippen LogP contribution is 2.31. The zero-order valence-corrected chi connectivity index (χ0v) is 13.4. The summed E-state index contributed by atoms with van der Waals surface area (Å²) in [6.07, 6.45) is -4.66. The molecule has 0 spiro atoms. The van der Waals surface area contributed by atoms with Crippen molar-refractivity contribution in [2.45, 2.75) is 26.3 Å². The van der Waals surface area contributed by atoms with Gasteiger partial charge in [0.1, 0.15) is 13.2 Å². The first-order valence-electron chi connectivity index (χ1n) is 7.58. The molecule has 25 heavy (non-hydrogen) atoms. The highest BCUT2D eigenvalue weighted by molar-refractivity contribution is 5.79. The van der Waals surface area contributed by atoms with Crippen LogP contribution in [0.25, 0.3) is 11.0 Å². The quantitative estimate of drug-likeness (QED) is 0.667. The van der Waals surface area contributed by atoms with Crippen LogP contribution in [-0.2, 0) is 28.9 Å². The molecule has 0 aliphatic carbocycles. The highest BCUT2D eigenvalue weighted by Gasteiger charge is 2.38. The number of alkyl halides is 3. The molecule has 130 valence electrons. The smallest absolute Gasteiger partial charge is 0.449 e. The van der Waals surface area contributed by atoms with Crippen molar-refractivity contribution in [3.8, 4) is 0 Å². The van der Waals surface area contributed by atoms with Gasteiger partial charge in [-0.2, -0.15) is 13.2 Å². The predicted molar refractivity (Wildman–Crippen MR) is 85.7 cm³/mol. The first-order valence-corrected chi connectivity index (χ1v) is 7.58. The van der Waals surface area contributed by atoms with Crippen molar-refractivity contribution in [2.24, 2.45) is 0 Å². The number of aromatic nitrogens is 2. The lowest BCUT2D eigenvalue weighted by atomic mass is 10.1. The van der Waals surface area contributed by atoms with Crippen LogP contribution < -0.4 is 0 Å². The first-order chi connectivity index (χ1) is 11.8. The van der Waals surface area contributed by atoms with Gasteiger partial charge in [-0.1, -0.05) is 42.0 Å². The lowest BCUT2D eigenvalue weighted by molar-refractivity contribution is -0.151. The van der Waals surface area contributed by atoms with E-state index in [-0.39, 0.29) is 17.6 Å². The van der Waals surface area contributed by atoms with E-state index < -0.39 is 24.5 Å². The van der Waals surface area contributed by atoms with Crippen LogP contribution in [0.3, 0.4) is 0 Å². The van der Waals surface area contributed by atoms with E-state index in [1.165, 1.54) is 12.1 Å². The molecule has 0 saturated heterocycles. The monoisotopic (exact) mass is 348 g/mol. The molecule has 0 radical (unpaired) electrons. The second-order valence-corrected chi connectivity index (χ2v) is 5.66. The Labute approximate surface area is 141 Å². The van der Waals surface area contributed by atoms with Gasteiger partial charge >= 0.3 is 12.1 Å². The van der Waals surface area contributed by atoms with Gasteiger partial charge in [0, 0.05) is 0 Å². The topological polar surface area (TPSA) is 44.1 Å². The van der Waals surface area contributed by atoms with Gasteiger partial charge in [-0.05, 0) is 24.6 Å². The molecule has 0 bridgehead atoms. The maximum Gasteiger partial charge on any atom is 0.449 e. The van der Waals surface area contributed by atoms with Crippen molar-refractivity contribution in [3.63, 3.8) is 0 Å². The molecule has 3 aromatic rings. The Morgan fingerprint density at radius 2 is 1.92 bits per heavy atom. The SMILES string of the molecule is Cc1cccc(COC(=O)Cn2c(C(F)(F)F)nc3ccccc32)c1. The number of halogens is 3. The Balaban J connectivity index is 1.81. The van der Waals surface area contributed by atoms with E-state index in [2.05, 4.69) is 4.98 Å². The number of ether oxygens (including phenoxy) is 1. The van der Waals surface area contributed by atoms with E-state index in [1.807, 2.05) is 25.1 Å². The second-order valence-electron chi connectivity index (χ2n) is 5.66. The summed E-state index contributed by atoms with van der Waals surface area (Å²) < 4.78 is 45.5. The number of benzene rings is 2. The van der Waals surface area contributed by atoms with Crippen molar-refractivity contribution >= 4 is 17.0 Å². The van der Waals surface area contributed by atoms with E-state index in [4.69, 9.17) is 4.74 Å². The Bertz CT molecular complexity index is 916. The van der Waals surface area contributed by atoms with Crippen molar-refractivity contribution in [1.29, 1.82) is 0 Å². The fourth-order valence-electron chi connectivity index (χ4n) is 2.59. The summed E-state index contributed by atoms with van der Waals surface area (Å²) in [5.74, 6) is -1.86. The van der Waals surface area contributed by atoms with Gasteiger partial charge in [0.15, 0.2) is 0 Å². The summed E-state index contributed by atoms with van der Waals surface area (Å²) in [4.78, 5) is 15.7. The van der Waals surface area contributed by atoms with Crippen molar-refractivity contribution in [1.82, 2.24) is 9.55 Å².